The van der Waals surface area contributed by atoms with Crippen LogP contribution in [0.5, 0.6) is 0 Å². The molecular formula is C26H29ClN4O5S2. The molecule has 1 aliphatic carbocycles. The van der Waals surface area contributed by atoms with Crippen molar-refractivity contribution in [2.75, 3.05) is 25.1 Å². The lowest BCUT2D eigenvalue weighted by molar-refractivity contribution is 0.0944. The summed E-state index contributed by atoms with van der Waals surface area (Å²) in [7, 11) is -3.94. The molecule has 0 unspecified atom stereocenters. The van der Waals surface area contributed by atoms with E-state index in [1.54, 1.807) is 18.2 Å². The number of nitrogens with zero attached hydrogens (tertiary/aromatic N) is 2. The maximum atomic E-state index is 13.2. The Balaban J connectivity index is 1.55. The highest BCUT2D eigenvalue weighted by atomic mass is 35.5. The number of anilines is 1. The van der Waals surface area contributed by atoms with Crippen molar-refractivity contribution in [1.29, 1.82) is 0 Å². The van der Waals surface area contributed by atoms with E-state index in [0.29, 0.717) is 42.3 Å². The second kappa shape index (κ2) is 12.3. The van der Waals surface area contributed by atoms with Crippen molar-refractivity contribution in [3.63, 3.8) is 0 Å². The zero-order valence-electron chi connectivity index (χ0n) is 21.2. The molecule has 202 valence electrons. The fourth-order valence-corrected chi connectivity index (χ4v) is 6.90. The molecule has 3 aromatic rings. The molecule has 0 radical (unpaired) electrons. The molecule has 12 heteroatoms. The van der Waals surface area contributed by atoms with Crippen molar-refractivity contribution in [3.8, 4) is 0 Å². The van der Waals surface area contributed by atoms with E-state index in [9.17, 15) is 18.0 Å². The number of halogens is 1. The van der Waals surface area contributed by atoms with Gasteiger partial charge in [0.05, 0.1) is 22.5 Å². The molecule has 1 aliphatic rings. The van der Waals surface area contributed by atoms with Gasteiger partial charge in [0.2, 0.25) is 15.0 Å². The van der Waals surface area contributed by atoms with Gasteiger partial charge in [-0.25, -0.2) is 18.4 Å². The number of thiophene rings is 1. The number of nitrogens with one attached hydrogen (secondary N) is 2. The Labute approximate surface area is 230 Å². The maximum absolute atomic E-state index is 13.2. The summed E-state index contributed by atoms with van der Waals surface area (Å²) in [6.07, 6.45) is 4.30. The highest BCUT2D eigenvalue weighted by Crippen LogP contribution is 2.39. The molecule has 2 N–H and O–H groups in total. The van der Waals surface area contributed by atoms with Crippen LogP contribution in [0.1, 0.15) is 62.2 Å². The Kier molecular flexibility index (Phi) is 9.14. The summed E-state index contributed by atoms with van der Waals surface area (Å²) < 4.78 is 31.3. The fraction of sp³-hybridized carbons (Fsp3) is 0.385. The van der Waals surface area contributed by atoms with Crippen LogP contribution in [0.15, 0.2) is 35.6 Å². The Morgan fingerprint density at radius 3 is 2.79 bits per heavy atom. The minimum absolute atomic E-state index is 0.0944. The van der Waals surface area contributed by atoms with Gasteiger partial charge in [-0.3, -0.25) is 9.59 Å². The summed E-state index contributed by atoms with van der Waals surface area (Å²) in [6, 6.07) is 7.11. The number of sulfone groups is 1. The van der Waals surface area contributed by atoms with Crippen molar-refractivity contribution >= 4 is 49.6 Å². The van der Waals surface area contributed by atoms with Crippen LogP contribution < -0.4 is 10.6 Å². The van der Waals surface area contributed by atoms with E-state index in [2.05, 4.69) is 20.6 Å². The standard InChI is InChI=1S/C26H29ClN4O5S2/c1-3-36-12-6-11-28-23(32)21-18-9-5-10-20(18)37-25(21)31-24(33)22-19(27)14-29-26(30-22)38(34,35)15-17-8-4-7-16(2)13-17/h4,7-8,13-14H,3,5-6,9-12,15H2,1-2H3,(H,28,32)(H,31,33). The van der Waals surface area contributed by atoms with Crippen LogP contribution in [-0.4, -0.2) is 50.0 Å². The van der Waals surface area contributed by atoms with Crippen molar-refractivity contribution in [1.82, 2.24) is 15.3 Å². The molecule has 2 aromatic heterocycles. The highest BCUT2D eigenvalue weighted by molar-refractivity contribution is 7.90. The smallest absolute Gasteiger partial charge is 0.276 e. The van der Waals surface area contributed by atoms with Crippen LogP contribution in [0.3, 0.4) is 0 Å². The Bertz CT molecular complexity index is 1460. The SMILES string of the molecule is CCOCCCNC(=O)c1c(NC(=O)c2nc(S(=O)(=O)Cc3cccc(C)c3)ncc2Cl)sc2c1CCC2. The van der Waals surface area contributed by atoms with Gasteiger partial charge in [0, 0.05) is 24.6 Å². The van der Waals surface area contributed by atoms with Crippen molar-refractivity contribution in [2.45, 2.75) is 50.4 Å². The maximum Gasteiger partial charge on any atom is 0.276 e. The first-order valence-corrected chi connectivity index (χ1v) is 15.2. The van der Waals surface area contributed by atoms with Gasteiger partial charge < -0.3 is 15.4 Å². The zero-order valence-corrected chi connectivity index (χ0v) is 23.6. The average molecular weight is 577 g/mol. The summed E-state index contributed by atoms with van der Waals surface area (Å²) in [5, 5.41) is 5.45. The molecule has 0 saturated carbocycles. The van der Waals surface area contributed by atoms with Gasteiger partial charge in [0.1, 0.15) is 5.00 Å². The first-order chi connectivity index (χ1) is 18.2. The fourth-order valence-electron chi connectivity index (χ4n) is 4.25. The number of hydrogen-bond acceptors (Lipinski definition) is 8. The number of aryl methyl sites for hydroxylation is 2. The van der Waals surface area contributed by atoms with Gasteiger partial charge in [-0.05, 0) is 50.7 Å². The van der Waals surface area contributed by atoms with Crippen molar-refractivity contribution in [3.05, 3.63) is 68.3 Å². The first-order valence-electron chi connectivity index (χ1n) is 12.3. The number of benzene rings is 1. The summed E-state index contributed by atoms with van der Waals surface area (Å²) in [6.45, 7) is 5.38. The average Bonchev–Trinajstić information content (AvgIpc) is 3.44. The van der Waals surface area contributed by atoms with E-state index in [-0.39, 0.29) is 22.4 Å². The second-order valence-corrected chi connectivity index (χ2v) is 12.3. The van der Waals surface area contributed by atoms with Crippen LogP contribution >= 0.6 is 22.9 Å². The molecule has 9 nitrogen and oxygen atoms in total. The topological polar surface area (TPSA) is 127 Å². The quantitative estimate of drug-likeness (QED) is 0.256. The summed E-state index contributed by atoms with van der Waals surface area (Å²) in [4.78, 5) is 35.2. The number of ether oxygens (including phenoxy) is 1. The van der Waals surface area contributed by atoms with E-state index >= 15 is 0 Å². The predicted octanol–water partition coefficient (Wildman–Crippen LogP) is 4.37. The molecule has 0 spiro atoms. The molecule has 4 rings (SSSR count). The van der Waals surface area contributed by atoms with Gasteiger partial charge in [-0.15, -0.1) is 11.3 Å². The molecule has 1 aromatic carbocycles. The summed E-state index contributed by atoms with van der Waals surface area (Å²) >= 11 is 7.55. The van der Waals surface area contributed by atoms with Gasteiger partial charge in [0.15, 0.2) is 5.69 Å². The lowest BCUT2D eigenvalue weighted by Gasteiger charge is -2.11. The van der Waals surface area contributed by atoms with E-state index in [0.717, 1.165) is 41.5 Å². The molecule has 0 atom stereocenters. The minimum atomic E-state index is -3.94. The van der Waals surface area contributed by atoms with E-state index < -0.39 is 20.9 Å². The second-order valence-electron chi connectivity index (χ2n) is 8.92. The van der Waals surface area contributed by atoms with Gasteiger partial charge >= 0.3 is 0 Å². The van der Waals surface area contributed by atoms with E-state index in [4.69, 9.17) is 16.3 Å². The largest absolute Gasteiger partial charge is 0.382 e. The Morgan fingerprint density at radius 1 is 1.21 bits per heavy atom. The number of hydrogen-bond donors (Lipinski definition) is 2. The third-order valence-electron chi connectivity index (χ3n) is 5.98. The van der Waals surface area contributed by atoms with E-state index in [1.165, 1.54) is 11.3 Å². The predicted molar refractivity (Wildman–Crippen MR) is 147 cm³/mol. The number of amides is 2. The number of rotatable bonds is 11. The van der Waals surface area contributed by atoms with Crippen LogP contribution in [-0.2, 0) is 33.2 Å². The summed E-state index contributed by atoms with van der Waals surface area (Å²) in [5.41, 5.74) is 2.60. The van der Waals surface area contributed by atoms with Crippen molar-refractivity contribution < 1.29 is 22.7 Å². The van der Waals surface area contributed by atoms with Gasteiger partial charge in [-0.1, -0.05) is 41.4 Å². The summed E-state index contributed by atoms with van der Waals surface area (Å²) in [5.74, 6) is -1.30. The molecule has 0 fully saturated rings. The number of carbonyl (C=O) groups is 2. The van der Waals surface area contributed by atoms with Crippen LogP contribution in [0.25, 0.3) is 0 Å². The Morgan fingerprint density at radius 2 is 2.03 bits per heavy atom. The number of fused-ring (bicyclic) bond motifs is 1. The van der Waals surface area contributed by atoms with Crippen LogP contribution in [0.4, 0.5) is 5.00 Å². The Hall–Kier alpha value is -2.86. The number of aromatic nitrogens is 2. The zero-order chi connectivity index (χ0) is 27.3. The van der Waals surface area contributed by atoms with Crippen molar-refractivity contribution in [2.24, 2.45) is 0 Å². The molecule has 0 bridgehead atoms. The molecule has 0 aliphatic heterocycles. The lowest BCUT2D eigenvalue weighted by Crippen LogP contribution is -2.27. The molecular weight excluding hydrogens is 548 g/mol. The molecule has 38 heavy (non-hydrogen) atoms. The third-order valence-corrected chi connectivity index (χ3v) is 8.94. The minimum Gasteiger partial charge on any atom is -0.382 e. The van der Waals surface area contributed by atoms with Crippen LogP contribution in [0.2, 0.25) is 5.02 Å². The normalized spacial score (nSPS) is 12.8. The molecule has 0 saturated heterocycles. The van der Waals surface area contributed by atoms with Gasteiger partial charge in [0.25, 0.3) is 11.8 Å². The third kappa shape index (κ3) is 6.58. The molecule has 2 amide bonds. The first kappa shape index (κ1) is 28.2. The van der Waals surface area contributed by atoms with Crippen LogP contribution in [0, 0.1) is 6.92 Å². The monoisotopic (exact) mass is 576 g/mol. The number of carbonyl (C=O) groups excluding carboxylic acids is 2. The lowest BCUT2D eigenvalue weighted by atomic mass is 10.1. The van der Waals surface area contributed by atoms with E-state index in [1.807, 2.05) is 19.9 Å². The molecule has 2 heterocycles. The van der Waals surface area contributed by atoms with Gasteiger partial charge in [-0.2, -0.15) is 0 Å². The highest BCUT2D eigenvalue weighted by Gasteiger charge is 2.29.